The molecule has 2 heterocycles. The summed E-state index contributed by atoms with van der Waals surface area (Å²) in [5.41, 5.74) is 2.17. The van der Waals surface area contributed by atoms with Crippen molar-refractivity contribution >= 4 is 44.2 Å². The van der Waals surface area contributed by atoms with Crippen molar-refractivity contribution in [1.29, 1.82) is 0 Å². The van der Waals surface area contributed by atoms with Gasteiger partial charge in [0.15, 0.2) is 0 Å². The van der Waals surface area contributed by atoms with Crippen molar-refractivity contribution in [3.63, 3.8) is 0 Å². The standard InChI is InChI=1S/C19H18N4O4S/c1-22-16-8-4-5-9-17(16)23(28(22,26)27)11-10-20-19(25)18(24)14-12-21-15-7-3-2-6-13(14)15/h2-9,12,21H,10-11H2,1H3,(H,20,25). The van der Waals surface area contributed by atoms with E-state index in [1.54, 1.807) is 36.4 Å². The first-order valence-electron chi connectivity index (χ1n) is 8.65. The van der Waals surface area contributed by atoms with E-state index in [1.807, 2.05) is 12.1 Å². The number of hydrogen-bond donors (Lipinski definition) is 2. The Hall–Kier alpha value is -3.33. The van der Waals surface area contributed by atoms with Gasteiger partial charge in [-0.1, -0.05) is 30.3 Å². The maximum atomic E-state index is 12.6. The van der Waals surface area contributed by atoms with Gasteiger partial charge >= 0.3 is 10.2 Å². The molecule has 0 atom stereocenters. The van der Waals surface area contributed by atoms with E-state index >= 15 is 0 Å². The number of fused-ring (bicyclic) bond motifs is 2. The van der Waals surface area contributed by atoms with Gasteiger partial charge in [0.25, 0.3) is 11.7 Å². The minimum Gasteiger partial charge on any atom is -0.360 e. The molecule has 9 heteroatoms. The fourth-order valence-electron chi connectivity index (χ4n) is 3.31. The van der Waals surface area contributed by atoms with Crippen LogP contribution in [0.25, 0.3) is 10.9 Å². The summed E-state index contributed by atoms with van der Waals surface area (Å²) in [7, 11) is -2.21. The van der Waals surface area contributed by atoms with Crippen molar-refractivity contribution in [1.82, 2.24) is 10.3 Å². The zero-order valence-corrected chi connectivity index (χ0v) is 15.9. The van der Waals surface area contributed by atoms with Crippen molar-refractivity contribution in [2.24, 2.45) is 0 Å². The summed E-state index contributed by atoms with van der Waals surface area (Å²) in [5, 5.41) is 3.19. The van der Waals surface area contributed by atoms with Crippen LogP contribution in [0.15, 0.2) is 54.7 Å². The second-order valence-corrected chi connectivity index (χ2v) is 8.25. The summed E-state index contributed by atoms with van der Waals surface area (Å²) in [4.78, 5) is 27.7. The lowest BCUT2D eigenvalue weighted by atomic mass is 10.1. The van der Waals surface area contributed by atoms with E-state index in [0.717, 1.165) is 5.52 Å². The quantitative estimate of drug-likeness (QED) is 0.504. The third-order valence-corrected chi connectivity index (χ3v) is 6.58. The number of anilines is 2. The first-order valence-corrected chi connectivity index (χ1v) is 10.0. The lowest BCUT2D eigenvalue weighted by molar-refractivity contribution is -0.116. The molecule has 2 N–H and O–H groups in total. The molecule has 4 rings (SSSR count). The third kappa shape index (κ3) is 2.80. The van der Waals surface area contributed by atoms with E-state index in [9.17, 15) is 18.0 Å². The van der Waals surface area contributed by atoms with Crippen LogP contribution in [0.4, 0.5) is 11.4 Å². The number of benzene rings is 2. The van der Waals surface area contributed by atoms with Gasteiger partial charge < -0.3 is 10.3 Å². The summed E-state index contributed by atoms with van der Waals surface area (Å²) >= 11 is 0. The zero-order chi connectivity index (χ0) is 19.9. The monoisotopic (exact) mass is 398 g/mol. The van der Waals surface area contributed by atoms with Gasteiger partial charge in [-0.25, -0.2) is 4.31 Å². The molecule has 0 fully saturated rings. The van der Waals surface area contributed by atoms with Crippen LogP contribution in [-0.2, 0) is 15.0 Å². The predicted molar refractivity (Wildman–Crippen MR) is 107 cm³/mol. The molecule has 1 aromatic heterocycles. The van der Waals surface area contributed by atoms with Crippen LogP contribution in [0.3, 0.4) is 0 Å². The lowest BCUT2D eigenvalue weighted by Gasteiger charge is -2.19. The Morgan fingerprint density at radius 3 is 2.50 bits per heavy atom. The van der Waals surface area contributed by atoms with Crippen molar-refractivity contribution in [3.8, 4) is 0 Å². The number of nitrogens with one attached hydrogen (secondary N) is 2. The lowest BCUT2D eigenvalue weighted by Crippen LogP contribution is -2.42. The van der Waals surface area contributed by atoms with E-state index < -0.39 is 21.9 Å². The molecule has 1 aliphatic rings. The number of H-pyrrole nitrogens is 1. The van der Waals surface area contributed by atoms with Crippen LogP contribution < -0.4 is 13.9 Å². The molecule has 0 aliphatic carbocycles. The zero-order valence-electron chi connectivity index (χ0n) is 15.0. The Balaban J connectivity index is 1.45. The van der Waals surface area contributed by atoms with Crippen LogP contribution in [0.2, 0.25) is 0 Å². The fourth-order valence-corrected chi connectivity index (χ4v) is 4.73. The number of ketones is 1. The van der Waals surface area contributed by atoms with Crippen LogP contribution in [-0.4, -0.2) is 45.2 Å². The van der Waals surface area contributed by atoms with Gasteiger partial charge in [-0.05, 0) is 18.2 Å². The molecule has 0 saturated heterocycles. The van der Waals surface area contributed by atoms with E-state index in [4.69, 9.17) is 0 Å². The first kappa shape index (κ1) is 18.1. The average Bonchev–Trinajstić information content (AvgIpc) is 3.21. The molecule has 0 radical (unpaired) electrons. The Morgan fingerprint density at radius 2 is 1.71 bits per heavy atom. The van der Waals surface area contributed by atoms with Gasteiger partial charge in [0.2, 0.25) is 0 Å². The highest BCUT2D eigenvalue weighted by molar-refractivity contribution is 7.94. The van der Waals surface area contributed by atoms with Crippen LogP contribution >= 0.6 is 0 Å². The largest absolute Gasteiger partial charge is 0.360 e. The molecule has 0 bridgehead atoms. The predicted octanol–water partition coefficient (Wildman–Crippen LogP) is 1.67. The third-order valence-electron chi connectivity index (χ3n) is 4.75. The topological polar surface area (TPSA) is 103 Å². The van der Waals surface area contributed by atoms with Crippen LogP contribution in [0, 0.1) is 0 Å². The smallest absolute Gasteiger partial charge is 0.326 e. The van der Waals surface area contributed by atoms with Gasteiger partial charge in [-0.3, -0.25) is 13.9 Å². The number of para-hydroxylation sites is 3. The Morgan fingerprint density at radius 1 is 1.04 bits per heavy atom. The Kier molecular flexibility index (Phi) is 4.31. The van der Waals surface area contributed by atoms with Crippen molar-refractivity contribution in [2.75, 3.05) is 28.7 Å². The molecule has 28 heavy (non-hydrogen) atoms. The number of carbonyl (C=O) groups excluding carboxylic acids is 2. The highest BCUT2D eigenvalue weighted by Gasteiger charge is 2.37. The molecule has 144 valence electrons. The number of Topliss-reactive ketones (excluding diaryl/α,β-unsaturated/α-hetero) is 1. The fraction of sp³-hybridized carbons (Fsp3) is 0.158. The molecular formula is C19H18N4O4S. The van der Waals surface area contributed by atoms with Crippen LogP contribution in [0.1, 0.15) is 10.4 Å². The van der Waals surface area contributed by atoms with E-state index in [1.165, 1.54) is 21.9 Å². The first-order chi connectivity index (χ1) is 13.4. The molecule has 0 spiro atoms. The molecule has 0 unspecified atom stereocenters. The molecule has 1 aliphatic heterocycles. The Bertz CT molecular complexity index is 1190. The number of nitrogens with zero attached hydrogens (tertiary/aromatic N) is 2. The summed E-state index contributed by atoms with van der Waals surface area (Å²) in [5.74, 6) is -1.44. The number of aromatic amines is 1. The minimum absolute atomic E-state index is 0.00827. The highest BCUT2D eigenvalue weighted by atomic mass is 32.2. The summed E-state index contributed by atoms with van der Waals surface area (Å²) < 4.78 is 27.5. The molecule has 0 saturated carbocycles. The maximum Gasteiger partial charge on any atom is 0.326 e. The molecular weight excluding hydrogens is 380 g/mol. The number of rotatable bonds is 5. The number of amides is 1. The van der Waals surface area contributed by atoms with Crippen molar-refractivity contribution in [3.05, 3.63) is 60.3 Å². The van der Waals surface area contributed by atoms with E-state index in [-0.39, 0.29) is 18.7 Å². The number of aromatic nitrogens is 1. The second-order valence-electron chi connectivity index (χ2n) is 6.37. The molecule has 1 amide bonds. The van der Waals surface area contributed by atoms with Gasteiger partial charge in [0.05, 0.1) is 23.5 Å². The van der Waals surface area contributed by atoms with Crippen molar-refractivity contribution < 1.29 is 18.0 Å². The number of hydrogen-bond acceptors (Lipinski definition) is 4. The van der Waals surface area contributed by atoms with Gasteiger partial charge in [-0.15, -0.1) is 0 Å². The Labute approximate surface area is 161 Å². The molecule has 8 nitrogen and oxygen atoms in total. The summed E-state index contributed by atoms with van der Waals surface area (Å²) in [6, 6.07) is 14.1. The SMILES string of the molecule is CN1c2ccccc2N(CCNC(=O)C(=O)c2c[nH]c3ccccc23)S1(=O)=O. The highest BCUT2D eigenvalue weighted by Crippen LogP contribution is 2.38. The van der Waals surface area contributed by atoms with Gasteiger partial charge in [-0.2, -0.15) is 8.42 Å². The number of carbonyl (C=O) groups is 2. The average molecular weight is 398 g/mol. The second kappa shape index (κ2) is 6.68. The van der Waals surface area contributed by atoms with E-state index in [0.29, 0.717) is 16.8 Å². The summed E-state index contributed by atoms with van der Waals surface area (Å²) in [6.07, 6.45) is 1.50. The van der Waals surface area contributed by atoms with Gasteiger partial charge in [0.1, 0.15) is 0 Å². The normalized spacial score (nSPS) is 14.9. The van der Waals surface area contributed by atoms with Gasteiger partial charge in [0, 0.05) is 30.7 Å². The van der Waals surface area contributed by atoms with E-state index in [2.05, 4.69) is 10.3 Å². The maximum absolute atomic E-state index is 12.6. The molecule has 3 aromatic rings. The molecule has 2 aromatic carbocycles. The minimum atomic E-state index is -3.69. The van der Waals surface area contributed by atoms with Crippen LogP contribution in [0.5, 0.6) is 0 Å². The van der Waals surface area contributed by atoms with Crippen molar-refractivity contribution in [2.45, 2.75) is 0 Å². The summed E-state index contributed by atoms with van der Waals surface area (Å²) in [6.45, 7) is 0.0327.